The third kappa shape index (κ3) is 3.21. The fraction of sp³-hybridized carbons (Fsp3) is 0.444. The molecule has 132 valence electrons. The monoisotopic (exact) mass is 359 g/mol. The lowest BCUT2D eigenvalue weighted by atomic mass is 10.0. The first-order chi connectivity index (χ1) is 12.1. The minimum atomic E-state index is -0.327. The van der Waals surface area contributed by atoms with E-state index < -0.39 is 0 Å². The minimum Gasteiger partial charge on any atom is -0.497 e. The van der Waals surface area contributed by atoms with Gasteiger partial charge in [0.25, 0.3) is 0 Å². The first-order valence-electron chi connectivity index (χ1n) is 8.32. The zero-order valence-corrected chi connectivity index (χ0v) is 15.2. The SMILES string of the molecule is COc1cccc(-c2ncc(CN3CC[C@]4(C3)CN(C)C(=O)O4)s2)c1. The van der Waals surface area contributed by atoms with Crippen LogP contribution in [0.4, 0.5) is 4.79 Å². The molecule has 2 fully saturated rings. The maximum absolute atomic E-state index is 11.7. The average Bonchev–Trinajstić information content (AvgIpc) is 3.29. The Morgan fingerprint density at radius 2 is 2.28 bits per heavy atom. The molecule has 0 N–H and O–H groups in total. The first-order valence-corrected chi connectivity index (χ1v) is 9.14. The molecule has 0 saturated carbocycles. The molecule has 0 aliphatic carbocycles. The van der Waals surface area contributed by atoms with Crippen molar-refractivity contribution in [2.45, 2.75) is 18.6 Å². The number of rotatable bonds is 4. The van der Waals surface area contributed by atoms with Crippen molar-refractivity contribution < 1.29 is 14.3 Å². The molecule has 25 heavy (non-hydrogen) atoms. The van der Waals surface area contributed by atoms with Gasteiger partial charge in [-0.2, -0.15) is 0 Å². The number of ether oxygens (including phenoxy) is 2. The van der Waals surface area contributed by atoms with E-state index in [9.17, 15) is 4.79 Å². The van der Waals surface area contributed by atoms with Gasteiger partial charge in [0.1, 0.15) is 16.4 Å². The van der Waals surface area contributed by atoms with Crippen LogP contribution in [0, 0.1) is 0 Å². The van der Waals surface area contributed by atoms with E-state index in [1.165, 1.54) is 4.88 Å². The van der Waals surface area contributed by atoms with Gasteiger partial charge in [0.15, 0.2) is 0 Å². The Kier molecular flexibility index (Phi) is 4.13. The molecule has 2 aromatic rings. The highest BCUT2D eigenvalue weighted by molar-refractivity contribution is 7.15. The molecule has 2 aliphatic rings. The number of carbonyl (C=O) groups excluding carboxylic acids is 1. The third-order valence-corrected chi connectivity index (χ3v) is 5.82. The summed E-state index contributed by atoms with van der Waals surface area (Å²) in [5, 5.41) is 0.995. The van der Waals surface area contributed by atoms with Crippen LogP contribution in [0.25, 0.3) is 10.6 Å². The molecule has 0 bridgehead atoms. The Labute approximate surface area is 151 Å². The van der Waals surface area contributed by atoms with Crippen LogP contribution in [0.15, 0.2) is 30.5 Å². The topological polar surface area (TPSA) is 54.9 Å². The molecule has 2 saturated heterocycles. The number of aromatic nitrogens is 1. The highest BCUT2D eigenvalue weighted by Crippen LogP contribution is 2.34. The highest BCUT2D eigenvalue weighted by atomic mass is 32.1. The fourth-order valence-corrected chi connectivity index (χ4v) is 4.51. The summed E-state index contributed by atoms with van der Waals surface area (Å²) < 4.78 is 10.9. The number of methoxy groups -OCH3 is 1. The molecule has 1 atom stereocenters. The van der Waals surface area contributed by atoms with Crippen molar-refractivity contribution in [3.63, 3.8) is 0 Å². The van der Waals surface area contributed by atoms with Crippen molar-refractivity contribution in [3.8, 4) is 16.3 Å². The number of carbonyl (C=O) groups is 1. The molecule has 1 aromatic carbocycles. The minimum absolute atomic E-state index is 0.208. The van der Waals surface area contributed by atoms with E-state index in [0.29, 0.717) is 6.54 Å². The second-order valence-corrected chi connectivity index (χ2v) is 7.85. The summed E-state index contributed by atoms with van der Waals surface area (Å²) in [5.41, 5.74) is 0.742. The predicted molar refractivity (Wildman–Crippen MR) is 95.8 cm³/mol. The van der Waals surface area contributed by atoms with Gasteiger partial charge in [-0.1, -0.05) is 12.1 Å². The number of hydrogen-bond donors (Lipinski definition) is 0. The zero-order chi connectivity index (χ0) is 17.4. The Morgan fingerprint density at radius 1 is 1.40 bits per heavy atom. The van der Waals surface area contributed by atoms with Crippen molar-refractivity contribution in [2.24, 2.45) is 0 Å². The molecule has 2 aliphatic heterocycles. The van der Waals surface area contributed by atoms with Gasteiger partial charge in [-0.15, -0.1) is 11.3 Å². The fourth-order valence-electron chi connectivity index (χ4n) is 3.56. The molecule has 1 spiro atoms. The maximum Gasteiger partial charge on any atom is 0.410 e. The van der Waals surface area contributed by atoms with Crippen molar-refractivity contribution in [1.29, 1.82) is 0 Å². The largest absolute Gasteiger partial charge is 0.497 e. The first kappa shape index (κ1) is 16.4. The molecule has 7 heteroatoms. The molecule has 1 aromatic heterocycles. The lowest BCUT2D eigenvalue weighted by Gasteiger charge is -2.21. The highest BCUT2D eigenvalue weighted by Gasteiger charge is 2.48. The third-order valence-electron chi connectivity index (χ3n) is 4.79. The molecule has 4 rings (SSSR count). The summed E-state index contributed by atoms with van der Waals surface area (Å²) in [6.07, 6.45) is 2.63. The van der Waals surface area contributed by atoms with Crippen LogP contribution in [0.3, 0.4) is 0 Å². The average molecular weight is 359 g/mol. The molecule has 0 radical (unpaired) electrons. The van der Waals surface area contributed by atoms with Gasteiger partial charge in [-0.25, -0.2) is 9.78 Å². The summed E-state index contributed by atoms with van der Waals surface area (Å²) in [6.45, 7) is 3.24. The number of amides is 1. The van der Waals surface area contributed by atoms with Crippen LogP contribution < -0.4 is 4.74 Å². The molecule has 6 nitrogen and oxygen atoms in total. The number of likely N-dealkylation sites (tertiary alicyclic amines) is 1. The van der Waals surface area contributed by atoms with Crippen LogP contribution in [-0.2, 0) is 11.3 Å². The van der Waals surface area contributed by atoms with Crippen LogP contribution in [-0.4, -0.2) is 60.3 Å². The summed E-state index contributed by atoms with van der Waals surface area (Å²) in [6, 6.07) is 7.96. The van der Waals surface area contributed by atoms with Crippen molar-refractivity contribution in [1.82, 2.24) is 14.8 Å². The lowest BCUT2D eigenvalue weighted by molar-refractivity contribution is 0.0628. The second-order valence-electron chi connectivity index (χ2n) is 6.73. The van der Waals surface area contributed by atoms with E-state index in [0.717, 1.165) is 42.4 Å². The van der Waals surface area contributed by atoms with Gasteiger partial charge in [0.05, 0.1) is 13.7 Å². The van der Waals surface area contributed by atoms with Crippen molar-refractivity contribution in [2.75, 3.05) is 33.8 Å². The standard InChI is InChI=1S/C18H21N3O3S/c1-20-11-18(24-17(20)22)6-7-21(12-18)10-15-9-19-16(25-15)13-4-3-5-14(8-13)23-2/h3-5,8-9H,6-7,10-12H2,1-2H3/t18-/m1/s1. The normalized spacial score (nSPS) is 23.4. The number of thiazole rings is 1. The number of benzene rings is 1. The van der Waals surface area contributed by atoms with E-state index in [1.54, 1.807) is 30.4 Å². The van der Waals surface area contributed by atoms with Gasteiger partial charge in [0, 0.05) is 49.7 Å². The molecule has 1 amide bonds. The Balaban J connectivity index is 1.43. The Hall–Kier alpha value is -2.12. The lowest BCUT2D eigenvalue weighted by Crippen LogP contribution is -2.36. The summed E-state index contributed by atoms with van der Waals surface area (Å²) in [5.74, 6) is 0.836. The van der Waals surface area contributed by atoms with Gasteiger partial charge < -0.3 is 14.4 Å². The van der Waals surface area contributed by atoms with Crippen LogP contribution >= 0.6 is 11.3 Å². The zero-order valence-electron chi connectivity index (χ0n) is 14.4. The number of hydrogen-bond acceptors (Lipinski definition) is 6. The van der Waals surface area contributed by atoms with Crippen LogP contribution in [0.5, 0.6) is 5.75 Å². The summed E-state index contributed by atoms with van der Waals surface area (Å²) in [4.78, 5) is 21.5. The molecule has 0 unspecified atom stereocenters. The van der Waals surface area contributed by atoms with Gasteiger partial charge in [0.2, 0.25) is 0 Å². The van der Waals surface area contributed by atoms with Gasteiger partial charge in [-0.3, -0.25) is 4.90 Å². The van der Waals surface area contributed by atoms with Crippen molar-refractivity contribution >= 4 is 17.4 Å². The number of nitrogens with zero attached hydrogens (tertiary/aromatic N) is 3. The van der Waals surface area contributed by atoms with Gasteiger partial charge in [-0.05, 0) is 12.1 Å². The van der Waals surface area contributed by atoms with E-state index in [-0.39, 0.29) is 11.7 Å². The van der Waals surface area contributed by atoms with E-state index in [2.05, 4.69) is 9.88 Å². The van der Waals surface area contributed by atoms with Crippen LogP contribution in [0.1, 0.15) is 11.3 Å². The maximum atomic E-state index is 11.7. The Bertz CT molecular complexity index is 793. The van der Waals surface area contributed by atoms with E-state index in [4.69, 9.17) is 9.47 Å². The van der Waals surface area contributed by atoms with E-state index >= 15 is 0 Å². The molecular formula is C18H21N3O3S. The predicted octanol–water partition coefficient (Wildman–Crippen LogP) is 2.85. The van der Waals surface area contributed by atoms with E-state index in [1.807, 2.05) is 30.5 Å². The molecule has 3 heterocycles. The second kappa shape index (κ2) is 6.31. The van der Waals surface area contributed by atoms with Crippen molar-refractivity contribution in [3.05, 3.63) is 35.3 Å². The quantitative estimate of drug-likeness (QED) is 0.840. The number of likely N-dealkylation sites (N-methyl/N-ethyl adjacent to an activating group) is 1. The summed E-state index contributed by atoms with van der Waals surface area (Å²) >= 11 is 1.70. The molecular weight excluding hydrogens is 338 g/mol. The van der Waals surface area contributed by atoms with Crippen LogP contribution in [0.2, 0.25) is 0 Å². The van der Waals surface area contributed by atoms with Gasteiger partial charge >= 0.3 is 6.09 Å². The Morgan fingerprint density at radius 3 is 3.04 bits per heavy atom. The smallest absolute Gasteiger partial charge is 0.410 e. The summed E-state index contributed by atoms with van der Waals surface area (Å²) in [7, 11) is 3.46.